The highest BCUT2D eigenvalue weighted by Crippen LogP contribution is 2.15. The van der Waals surface area contributed by atoms with Gasteiger partial charge in [-0.3, -0.25) is 9.59 Å². The second-order valence-corrected chi connectivity index (χ2v) is 12.5. The monoisotopic (exact) mass is 569 g/mol. The molecule has 0 radical (unpaired) electrons. The Kier molecular flexibility index (Phi) is 30.0. The summed E-state index contributed by atoms with van der Waals surface area (Å²) in [6.07, 6.45) is 30.1. The zero-order chi connectivity index (χ0) is 29.5. The Morgan fingerprint density at radius 2 is 0.800 bits per heavy atom. The molecule has 1 N–H and O–H groups in total. The molecule has 0 unspecified atom stereocenters. The van der Waals surface area contributed by atoms with Crippen molar-refractivity contribution in [3.8, 4) is 0 Å². The molecule has 0 fully saturated rings. The van der Waals surface area contributed by atoms with Crippen LogP contribution in [0.4, 0.5) is 0 Å². The van der Waals surface area contributed by atoms with Crippen LogP contribution in [0.5, 0.6) is 0 Å². The smallest absolute Gasteiger partial charge is 0.305 e. The van der Waals surface area contributed by atoms with E-state index < -0.39 is 6.10 Å². The summed E-state index contributed by atoms with van der Waals surface area (Å²) in [4.78, 5) is 23.8. The molecular weight excluding hydrogens is 500 g/mol. The van der Waals surface area contributed by atoms with Crippen LogP contribution in [0.1, 0.15) is 188 Å². The van der Waals surface area contributed by atoms with Gasteiger partial charge < -0.3 is 14.6 Å². The van der Waals surface area contributed by atoms with Crippen LogP contribution in [0.3, 0.4) is 0 Å². The van der Waals surface area contributed by atoms with Gasteiger partial charge in [0.2, 0.25) is 0 Å². The Labute approximate surface area is 248 Å². The second-order valence-electron chi connectivity index (χ2n) is 12.5. The summed E-state index contributed by atoms with van der Waals surface area (Å²) in [5.74, 6) is 0.263. The molecule has 0 aliphatic heterocycles. The van der Waals surface area contributed by atoms with E-state index in [0.29, 0.717) is 12.8 Å². The predicted octanol–water partition coefficient (Wildman–Crippen LogP) is 10.3. The molecule has 5 heteroatoms. The highest BCUT2D eigenvalue weighted by molar-refractivity contribution is 5.69. The maximum absolute atomic E-state index is 11.9. The molecule has 0 saturated carbocycles. The van der Waals surface area contributed by atoms with E-state index in [2.05, 4.69) is 20.8 Å². The summed E-state index contributed by atoms with van der Waals surface area (Å²) in [5, 5.41) is 9.96. The largest absolute Gasteiger partial charge is 0.463 e. The summed E-state index contributed by atoms with van der Waals surface area (Å²) in [6, 6.07) is 0. The third-order valence-electron chi connectivity index (χ3n) is 7.77. The first-order valence-corrected chi connectivity index (χ1v) is 17.4. The molecule has 0 aromatic heterocycles. The fraction of sp³-hybridized carbons (Fsp3) is 0.943. The minimum Gasteiger partial charge on any atom is -0.463 e. The van der Waals surface area contributed by atoms with Gasteiger partial charge in [0.05, 0.1) is 0 Å². The van der Waals surface area contributed by atoms with E-state index in [-0.39, 0.29) is 25.2 Å². The fourth-order valence-corrected chi connectivity index (χ4v) is 5.09. The average molecular weight is 569 g/mol. The minimum atomic E-state index is -0.954. The molecular formula is C35H68O5. The molecule has 0 aromatic carbocycles. The number of rotatable bonds is 31. The first-order chi connectivity index (χ1) is 19.5. The third kappa shape index (κ3) is 31.4. The van der Waals surface area contributed by atoms with E-state index in [0.717, 1.165) is 38.0 Å². The number of aliphatic hydroxyl groups is 1. The van der Waals surface area contributed by atoms with Crippen LogP contribution in [-0.2, 0) is 19.1 Å². The summed E-state index contributed by atoms with van der Waals surface area (Å²) < 4.78 is 10.3. The minimum absolute atomic E-state index is 0.109. The Morgan fingerprint density at radius 3 is 1.12 bits per heavy atom. The molecule has 238 valence electrons. The summed E-state index contributed by atoms with van der Waals surface area (Å²) >= 11 is 0. The number of hydrogen-bond acceptors (Lipinski definition) is 5. The van der Waals surface area contributed by atoms with Gasteiger partial charge in [-0.25, -0.2) is 0 Å². The lowest BCUT2D eigenvalue weighted by Crippen LogP contribution is -2.25. The van der Waals surface area contributed by atoms with E-state index in [1.165, 1.54) is 122 Å². The molecule has 5 nitrogen and oxygen atoms in total. The van der Waals surface area contributed by atoms with Gasteiger partial charge in [0.15, 0.2) is 0 Å². The van der Waals surface area contributed by atoms with E-state index in [4.69, 9.17) is 9.47 Å². The van der Waals surface area contributed by atoms with Crippen LogP contribution in [0.15, 0.2) is 0 Å². The van der Waals surface area contributed by atoms with Gasteiger partial charge >= 0.3 is 11.9 Å². The number of esters is 2. The second kappa shape index (κ2) is 30.8. The lowest BCUT2D eigenvalue weighted by molar-refractivity contribution is -0.152. The van der Waals surface area contributed by atoms with E-state index in [1.807, 2.05) is 0 Å². The number of unbranched alkanes of at least 4 members (excludes halogenated alkanes) is 21. The zero-order valence-electron chi connectivity index (χ0n) is 27.0. The van der Waals surface area contributed by atoms with E-state index >= 15 is 0 Å². The van der Waals surface area contributed by atoms with Crippen LogP contribution in [0, 0.1) is 5.92 Å². The van der Waals surface area contributed by atoms with Gasteiger partial charge in [-0.15, -0.1) is 0 Å². The Hall–Kier alpha value is -1.10. The summed E-state index contributed by atoms with van der Waals surface area (Å²) in [5.41, 5.74) is 0. The lowest BCUT2D eigenvalue weighted by Gasteiger charge is -2.12. The highest BCUT2D eigenvalue weighted by Gasteiger charge is 2.12. The number of aliphatic hydroxyl groups excluding tert-OH is 1. The van der Waals surface area contributed by atoms with E-state index in [9.17, 15) is 14.7 Å². The topological polar surface area (TPSA) is 72.8 Å². The zero-order valence-corrected chi connectivity index (χ0v) is 27.0. The summed E-state index contributed by atoms with van der Waals surface area (Å²) in [7, 11) is 0. The quantitative estimate of drug-likeness (QED) is 0.0665. The van der Waals surface area contributed by atoms with Crippen LogP contribution < -0.4 is 0 Å². The van der Waals surface area contributed by atoms with Crippen molar-refractivity contribution in [1.29, 1.82) is 0 Å². The van der Waals surface area contributed by atoms with Crippen LogP contribution >= 0.6 is 0 Å². The number of carbonyl (C=O) groups excluding carboxylic acids is 2. The molecule has 0 aromatic rings. The van der Waals surface area contributed by atoms with Gasteiger partial charge in [0.25, 0.3) is 0 Å². The van der Waals surface area contributed by atoms with Gasteiger partial charge in [-0.2, -0.15) is 0 Å². The van der Waals surface area contributed by atoms with Crippen molar-refractivity contribution in [1.82, 2.24) is 0 Å². The first kappa shape index (κ1) is 38.9. The van der Waals surface area contributed by atoms with Gasteiger partial charge in [0.1, 0.15) is 19.3 Å². The lowest BCUT2D eigenvalue weighted by atomic mass is 10.0. The van der Waals surface area contributed by atoms with Crippen molar-refractivity contribution in [3.05, 3.63) is 0 Å². The molecule has 0 heterocycles. The molecule has 0 bridgehead atoms. The van der Waals surface area contributed by atoms with Crippen molar-refractivity contribution in [3.63, 3.8) is 0 Å². The average Bonchev–Trinajstić information content (AvgIpc) is 2.93. The Morgan fingerprint density at radius 1 is 0.500 bits per heavy atom. The molecule has 0 amide bonds. The van der Waals surface area contributed by atoms with Crippen molar-refractivity contribution >= 4 is 11.9 Å². The maximum Gasteiger partial charge on any atom is 0.305 e. The SMILES string of the molecule is CCCCCCCCCCCCCCCCC(=O)OC[C@@H](O)COC(=O)CCCCCCCCCCCC(C)C. The van der Waals surface area contributed by atoms with Gasteiger partial charge in [0, 0.05) is 12.8 Å². The highest BCUT2D eigenvalue weighted by atomic mass is 16.6. The van der Waals surface area contributed by atoms with Crippen molar-refractivity contribution in [2.45, 2.75) is 194 Å². The van der Waals surface area contributed by atoms with Gasteiger partial charge in [-0.1, -0.05) is 162 Å². The van der Waals surface area contributed by atoms with Crippen molar-refractivity contribution in [2.24, 2.45) is 5.92 Å². The number of hydrogen-bond donors (Lipinski definition) is 1. The fourth-order valence-electron chi connectivity index (χ4n) is 5.09. The summed E-state index contributed by atoms with van der Waals surface area (Å²) in [6.45, 7) is 6.62. The normalized spacial score (nSPS) is 12.1. The molecule has 0 spiro atoms. The van der Waals surface area contributed by atoms with Crippen molar-refractivity contribution < 1.29 is 24.2 Å². The maximum atomic E-state index is 11.9. The molecule has 0 rings (SSSR count). The van der Waals surface area contributed by atoms with Gasteiger partial charge in [-0.05, 0) is 18.8 Å². The predicted molar refractivity (Wildman–Crippen MR) is 168 cm³/mol. The molecule has 1 atom stereocenters. The molecule has 0 aliphatic rings. The molecule has 0 saturated heterocycles. The standard InChI is InChI=1S/C35H68O5/c1-4-5-6-7-8-9-10-11-12-13-16-19-22-25-28-34(37)39-30-33(36)31-40-35(38)29-26-23-20-17-14-15-18-21-24-27-32(2)3/h32-33,36H,4-31H2,1-3H3/t33-/m1/s1. The first-order valence-electron chi connectivity index (χ1n) is 17.4. The van der Waals surface area contributed by atoms with Crippen molar-refractivity contribution in [2.75, 3.05) is 13.2 Å². The third-order valence-corrected chi connectivity index (χ3v) is 7.77. The molecule has 40 heavy (non-hydrogen) atoms. The van der Waals surface area contributed by atoms with Crippen LogP contribution in [0.25, 0.3) is 0 Å². The van der Waals surface area contributed by atoms with Crippen LogP contribution in [0.2, 0.25) is 0 Å². The van der Waals surface area contributed by atoms with Crippen LogP contribution in [-0.4, -0.2) is 36.4 Å². The number of carbonyl (C=O) groups is 2. The number of ether oxygens (including phenoxy) is 2. The van der Waals surface area contributed by atoms with E-state index in [1.54, 1.807) is 0 Å². The Balaban J connectivity index is 3.40. The Bertz CT molecular complexity index is 548. The molecule has 0 aliphatic carbocycles.